The summed E-state index contributed by atoms with van der Waals surface area (Å²) in [7, 11) is 0. The minimum atomic E-state index is -0.557. The number of pyridine rings is 1. The van der Waals surface area contributed by atoms with Gasteiger partial charge in [-0.2, -0.15) is 0 Å². The van der Waals surface area contributed by atoms with Gasteiger partial charge in [-0.3, -0.25) is 4.79 Å². The van der Waals surface area contributed by atoms with E-state index >= 15 is 0 Å². The maximum Gasteiger partial charge on any atom is 0.340 e. The zero-order valence-electron chi connectivity index (χ0n) is 15.8. The van der Waals surface area contributed by atoms with Crippen LogP contribution in [0.1, 0.15) is 27.3 Å². The highest BCUT2D eigenvalue weighted by molar-refractivity contribution is 6.32. The maximum atomic E-state index is 12.5. The number of amides is 1. The van der Waals surface area contributed by atoms with E-state index < -0.39 is 18.5 Å². The van der Waals surface area contributed by atoms with Crippen LogP contribution >= 0.6 is 11.6 Å². The summed E-state index contributed by atoms with van der Waals surface area (Å²) in [5.41, 5.74) is 4.56. The highest BCUT2D eigenvalue weighted by Crippen LogP contribution is 2.22. The molecule has 0 saturated heterocycles. The van der Waals surface area contributed by atoms with Crippen molar-refractivity contribution >= 4 is 29.2 Å². The number of aryl methyl sites for hydroxylation is 2. The molecule has 2 aromatic heterocycles. The first-order valence-electron chi connectivity index (χ1n) is 8.70. The molecule has 1 N–H and O–H groups in total. The second kappa shape index (κ2) is 8.27. The van der Waals surface area contributed by atoms with Crippen molar-refractivity contribution in [3.8, 4) is 5.69 Å². The van der Waals surface area contributed by atoms with Gasteiger partial charge in [0.2, 0.25) is 0 Å². The van der Waals surface area contributed by atoms with E-state index in [0.29, 0.717) is 11.3 Å². The monoisotopic (exact) mass is 397 g/mol. The number of nitrogens with one attached hydrogen (secondary N) is 1. The van der Waals surface area contributed by atoms with Crippen LogP contribution in [0.2, 0.25) is 5.15 Å². The van der Waals surface area contributed by atoms with Gasteiger partial charge in [0.25, 0.3) is 5.91 Å². The molecule has 0 spiro atoms. The molecule has 0 aliphatic carbocycles. The smallest absolute Gasteiger partial charge is 0.340 e. The van der Waals surface area contributed by atoms with Gasteiger partial charge in [-0.1, -0.05) is 29.3 Å². The van der Waals surface area contributed by atoms with Gasteiger partial charge >= 0.3 is 5.97 Å². The third-order valence-corrected chi connectivity index (χ3v) is 4.61. The number of halogens is 1. The van der Waals surface area contributed by atoms with Crippen LogP contribution in [0.4, 0.5) is 5.69 Å². The van der Waals surface area contributed by atoms with Crippen molar-refractivity contribution in [2.24, 2.45) is 0 Å². The SMILES string of the molecule is Cc1ccc(-n2c(C)cc(C(=O)OCC(=O)Nc3cccnc3Cl)c2C)cc1. The summed E-state index contributed by atoms with van der Waals surface area (Å²) in [5.74, 6) is -1.05. The molecule has 7 heteroatoms. The molecular weight excluding hydrogens is 378 g/mol. The lowest BCUT2D eigenvalue weighted by Gasteiger charge is -2.10. The summed E-state index contributed by atoms with van der Waals surface area (Å²) in [6.07, 6.45) is 1.52. The van der Waals surface area contributed by atoms with Crippen LogP contribution in [0.3, 0.4) is 0 Å². The Bertz CT molecular complexity index is 1030. The predicted octanol–water partition coefficient (Wildman–Crippen LogP) is 4.25. The van der Waals surface area contributed by atoms with Crippen molar-refractivity contribution in [2.75, 3.05) is 11.9 Å². The van der Waals surface area contributed by atoms with Crippen LogP contribution in [0.15, 0.2) is 48.7 Å². The molecule has 0 aliphatic heterocycles. The summed E-state index contributed by atoms with van der Waals surface area (Å²) in [5, 5.41) is 2.73. The lowest BCUT2D eigenvalue weighted by Crippen LogP contribution is -2.21. The molecule has 0 unspecified atom stereocenters. The van der Waals surface area contributed by atoms with E-state index in [1.54, 1.807) is 18.2 Å². The normalized spacial score (nSPS) is 10.6. The highest BCUT2D eigenvalue weighted by Gasteiger charge is 2.19. The molecule has 1 aromatic carbocycles. The number of nitrogens with zero attached hydrogens (tertiary/aromatic N) is 2. The maximum absolute atomic E-state index is 12.5. The molecule has 6 nitrogen and oxygen atoms in total. The molecular formula is C21H20ClN3O3. The van der Waals surface area contributed by atoms with E-state index in [0.717, 1.165) is 22.6 Å². The van der Waals surface area contributed by atoms with Crippen molar-refractivity contribution in [1.82, 2.24) is 9.55 Å². The number of esters is 1. The molecule has 2 heterocycles. The average molecular weight is 398 g/mol. The van der Waals surface area contributed by atoms with E-state index in [2.05, 4.69) is 10.3 Å². The molecule has 3 aromatic rings. The van der Waals surface area contributed by atoms with Gasteiger partial charge in [0, 0.05) is 23.3 Å². The van der Waals surface area contributed by atoms with E-state index in [4.69, 9.17) is 16.3 Å². The minimum absolute atomic E-state index is 0.170. The first kappa shape index (κ1) is 19.6. The summed E-state index contributed by atoms with van der Waals surface area (Å²) in [4.78, 5) is 28.4. The first-order chi connectivity index (χ1) is 13.4. The Morgan fingerprint density at radius 2 is 1.86 bits per heavy atom. The summed E-state index contributed by atoms with van der Waals surface area (Å²) in [6.45, 7) is 5.36. The lowest BCUT2D eigenvalue weighted by molar-refractivity contribution is -0.119. The Kier molecular flexibility index (Phi) is 5.80. The fourth-order valence-corrected chi connectivity index (χ4v) is 3.10. The van der Waals surface area contributed by atoms with Gasteiger partial charge in [0.15, 0.2) is 11.8 Å². The molecule has 0 fully saturated rings. The predicted molar refractivity (Wildman–Crippen MR) is 108 cm³/mol. The fourth-order valence-electron chi connectivity index (χ4n) is 2.94. The molecule has 28 heavy (non-hydrogen) atoms. The number of carbonyl (C=O) groups excluding carboxylic acids is 2. The number of carbonyl (C=O) groups is 2. The van der Waals surface area contributed by atoms with Crippen molar-refractivity contribution < 1.29 is 14.3 Å². The first-order valence-corrected chi connectivity index (χ1v) is 9.08. The van der Waals surface area contributed by atoms with Crippen LogP contribution in [-0.4, -0.2) is 28.0 Å². The van der Waals surface area contributed by atoms with Crippen LogP contribution < -0.4 is 5.32 Å². The zero-order chi connectivity index (χ0) is 20.3. The van der Waals surface area contributed by atoms with Crippen molar-refractivity contribution in [2.45, 2.75) is 20.8 Å². The van der Waals surface area contributed by atoms with Gasteiger partial charge in [-0.15, -0.1) is 0 Å². The average Bonchev–Trinajstić information content (AvgIpc) is 2.97. The molecule has 1 amide bonds. The Morgan fingerprint density at radius 1 is 1.14 bits per heavy atom. The number of rotatable bonds is 5. The van der Waals surface area contributed by atoms with Crippen molar-refractivity contribution in [3.63, 3.8) is 0 Å². The van der Waals surface area contributed by atoms with Crippen molar-refractivity contribution in [1.29, 1.82) is 0 Å². The third kappa shape index (κ3) is 4.23. The number of ether oxygens (including phenoxy) is 1. The van der Waals surface area contributed by atoms with Gasteiger partial charge < -0.3 is 14.6 Å². The molecule has 144 valence electrons. The molecule has 0 saturated carbocycles. The number of hydrogen-bond donors (Lipinski definition) is 1. The van der Waals surface area contributed by atoms with Gasteiger partial charge in [0.05, 0.1) is 11.3 Å². The Labute approximate surface area is 168 Å². The molecule has 0 aliphatic rings. The van der Waals surface area contributed by atoms with Gasteiger partial charge in [0.1, 0.15) is 0 Å². The molecule has 0 bridgehead atoms. The molecule has 0 atom stereocenters. The van der Waals surface area contributed by atoms with Crippen LogP contribution in [0.5, 0.6) is 0 Å². The van der Waals surface area contributed by atoms with Crippen LogP contribution in [0.25, 0.3) is 5.69 Å². The fraction of sp³-hybridized carbons (Fsp3) is 0.190. The van der Waals surface area contributed by atoms with Crippen LogP contribution in [0, 0.1) is 20.8 Å². The van der Waals surface area contributed by atoms with Gasteiger partial charge in [-0.05, 0) is 51.1 Å². The Hall–Kier alpha value is -3.12. The number of anilines is 1. The highest BCUT2D eigenvalue weighted by atomic mass is 35.5. The number of aromatic nitrogens is 2. The largest absolute Gasteiger partial charge is 0.452 e. The Morgan fingerprint density at radius 3 is 2.54 bits per heavy atom. The van der Waals surface area contributed by atoms with E-state index in [-0.39, 0.29) is 5.15 Å². The number of benzene rings is 1. The van der Waals surface area contributed by atoms with Crippen molar-refractivity contribution in [3.05, 3.63) is 76.3 Å². The second-order valence-electron chi connectivity index (χ2n) is 6.42. The topological polar surface area (TPSA) is 73.2 Å². The van der Waals surface area contributed by atoms with Gasteiger partial charge in [-0.25, -0.2) is 9.78 Å². The summed E-state index contributed by atoms with van der Waals surface area (Å²) >= 11 is 5.90. The quantitative estimate of drug-likeness (QED) is 0.516. The minimum Gasteiger partial charge on any atom is -0.452 e. The molecule has 3 rings (SSSR count). The standard InChI is InChI=1S/C21H20ClN3O3/c1-13-6-8-16(9-7-13)25-14(2)11-17(15(25)3)21(27)28-12-19(26)24-18-5-4-10-23-20(18)22/h4-11H,12H2,1-3H3,(H,24,26). The van der Waals surface area contributed by atoms with Crippen LogP contribution in [-0.2, 0) is 9.53 Å². The molecule has 0 radical (unpaired) electrons. The summed E-state index contributed by atoms with van der Waals surface area (Å²) < 4.78 is 7.16. The number of hydrogen-bond acceptors (Lipinski definition) is 4. The zero-order valence-corrected chi connectivity index (χ0v) is 16.6. The van der Waals surface area contributed by atoms with E-state index in [1.165, 1.54) is 6.20 Å². The van der Waals surface area contributed by atoms with E-state index in [9.17, 15) is 9.59 Å². The van der Waals surface area contributed by atoms with E-state index in [1.807, 2.05) is 49.6 Å². The Balaban J connectivity index is 1.69. The third-order valence-electron chi connectivity index (χ3n) is 4.31. The summed E-state index contributed by atoms with van der Waals surface area (Å²) in [6, 6.07) is 13.0. The second-order valence-corrected chi connectivity index (χ2v) is 6.78. The lowest BCUT2D eigenvalue weighted by atomic mass is 10.2.